The van der Waals surface area contributed by atoms with Gasteiger partial charge in [0.15, 0.2) is 0 Å². The Kier molecular flexibility index (Phi) is 3.22. The van der Waals surface area contributed by atoms with Crippen molar-refractivity contribution in [2.45, 2.75) is 13.2 Å². The van der Waals surface area contributed by atoms with Gasteiger partial charge in [0, 0.05) is 6.07 Å². The molecule has 0 atom stereocenters. The third-order valence-electron chi connectivity index (χ3n) is 2.10. The highest BCUT2D eigenvalue weighted by Gasteiger charge is 2.02. The Morgan fingerprint density at radius 1 is 1.19 bits per heavy atom. The lowest BCUT2D eigenvalue weighted by Gasteiger charge is -2.03. The second-order valence-electron chi connectivity index (χ2n) is 3.32. The van der Waals surface area contributed by atoms with Crippen LogP contribution >= 0.6 is 0 Å². The predicted molar refractivity (Wildman–Crippen MR) is 57.3 cm³/mol. The topological polar surface area (TPSA) is 48.4 Å². The van der Waals surface area contributed by atoms with Crippen LogP contribution in [0.5, 0.6) is 5.75 Å². The lowest BCUT2D eigenvalue weighted by Crippen LogP contribution is -1.95. The molecule has 2 aromatic rings. The number of nitrogens with two attached hydrogens (primary N) is 1. The van der Waals surface area contributed by atoms with Gasteiger partial charge in [0.2, 0.25) is 0 Å². The molecule has 0 unspecified atom stereocenters. The fourth-order valence-corrected chi connectivity index (χ4v) is 1.32. The standard InChI is InChI=1S/C12H12FNO2/c13-9-2-1-3-10(6-9)15-8-12-5-4-11(7-14)16-12/h1-6H,7-8,14H2. The van der Waals surface area contributed by atoms with Gasteiger partial charge in [-0.15, -0.1) is 0 Å². The van der Waals surface area contributed by atoms with Gasteiger partial charge in [-0.3, -0.25) is 0 Å². The van der Waals surface area contributed by atoms with Crippen molar-refractivity contribution in [3.8, 4) is 5.75 Å². The maximum absolute atomic E-state index is 12.8. The molecule has 0 fully saturated rings. The molecule has 84 valence electrons. The quantitative estimate of drug-likeness (QED) is 0.862. The predicted octanol–water partition coefficient (Wildman–Crippen LogP) is 2.46. The first-order chi connectivity index (χ1) is 7.78. The lowest BCUT2D eigenvalue weighted by atomic mass is 10.3. The van der Waals surface area contributed by atoms with Crippen molar-refractivity contribution in [3.05, 3.63) is 53.7 Å². The van der Waals surface area contributed by atoms with Gasteiger partial charge < -0.3 is 14.9 Å². The monoisotopic (exact) mass is 221 g/mol. The summed E-state index contributed by atoms with van der Waals surface area (Å²) < 4.78 is 23.5. The summed E-state index contributed by atoms with van der Waals surface area (Å²) in [6.07, 6.45) is 0. The lowest BCUT2D eigenvalue weighted by molar-refractivity contribution is 0.265. The fourth-order valence-electron chi connectivity index (χ4n) is 1.32. The molecule has 16 heavy (non-hydrogen) atoms. The van der Waals surface area contributed by atoms with Crippen molar-refractivity contribution >= 4 is 0 Å². The van der Waals surface area contributed by atoms with Crippen LogP contribution in [-0.4, -0.2) is 0 Å². The van der Waals surface area contributed by atoms with Gasteiger partial charge >= 0.3 is 0 Å². The van der Waals surface area contributed by atoms with Gasteiger partial charge in [0.25, 0.3) is 0 Å². The molecule has 0 aliphatic rings. The van der Waals surface area contributed by atoms with E-state index >= 15 is 0 Å². The largest absolute Gasteiger partial charge is 0.486 e. The molecule has 0 aliphatic carbocycles. The average Bonchev–Trinajstić information content (AvgIpc) is 2.74. The smallest absolute Gasteiger partial charge is 0.146 e. The molecule has 2 rings (SSSR count). The van der Waals surface area contributed by atoms with Crippen molar-refractivity contribution in [2.75, 3.05) is 0 Å². The van der Waals surface area contributed by atoms with E-state index < -0.39 is 0 Å². The number of hydrogen-bond donors (Lipinski definition) is 1. The zero-order valence-electron chi connectivity index (χ0n) is 8.65. The second-order valence-corrected chi connectivity index (χ2v) is 3.32. The van der Waals surface area contributed by atoms with Crippen LogP contribution in [0.15, 0.2) is 40.8 Å². The number of halogens is 1. The minimum absolute atomic E-state index is 0.267. The van der Waals surface area contributed by atoms with Gasteiger partial charge in [-0.25, -0.2) is 4.39 Å². The SMILES string of the molecule is NCc1ccc(COc2cccc(F)c2)o1. The zero-order chi connectivity index (χ0) is 11.4. The van der Waals surface area contributed by atoms with Gasteiger partial charge in [-0.1, -0.05) is 6.07 Å². The van der Waals surface area contributed by atoms with E-state index in [-0.39, 0.29) is 12.4 Å². The maximum Gasteiger partial charge on any atom is 0.146 e. The molecule has 4 heteroatoms. The number of benzene rings is 1. The Labute approximate surface area is 92.6 Å². The summed E-state index contributed by atoms with van der Waals surface area (Å²) >= 11 is 0. The summed E-state index contributed by atoms with van der Waals surface area (Å²) in [6, 6.07) is 9.57. The first kappa shape index (κ1) is 10.7. The van der Waals surface area contributed by atoms with E-state index in [1.807, 2.05) is 0 Å². The van der Waals surface area contributed by atoms with E-state index in [1.165, 1.54) is 12.1 Å². The molecule has 0 spiro atoms. The third-order valence-corrected chi connectivity index (χ3v) is 2.10. The molecule has 1 aromatic heterocycles. The molecule has 3 nitrogen and oxygen atoms in total. The normalized spacial score (nSPS) is 10.4. The number of furan rings is 1. The molecule has 0 saturated carbocycles. The molecular weight excluding hydrogens is 209 g/mol. The molecule has 1 aromatic carbocycles. The summed E-state index contributed by atoms with van der Waals surface area (Å²) in [6.45, 7) is 0.628. The van der Waals surface area contributed by atoms with Crippen LogP contribution in [0.3, 0.4) is 0 Å². The van der Waals surface area contributed by atoms with E-state index in [4.69, 9.17) is 14.9 Å². The van der Waals surface area contributed by atoms with Crippen molar-refractivity contribution in [2.24, 2.45) is 5.73 Å². The molecule has 0 aliphatic heterocycles. The first-order valence-corrected chi connectivity index (χ1v) is 4.94. The Balaban J connectivity index is 1.96. The highest BCUT2D eigenvalue weighted by molar-refractivity contribution is 5.22. The second kappa shape index (κ2) is 4.81. The Bertz CT molecular complexity index is 468. The Morgan fingerprint density at radius 2 is 2.00 bits per heavy atom. The highest BCUT2D eigenvalue weighted by Crippen LogP contribution is 2.15. The van der Waals surface area contributed by atoms with E-state index in [0.717, 1.165) is 0 Å². The minimum atomic E-state index is -0.320. The van der Waals surface area contributed by atoms with E-state index in [2.05, 4.69) is 0 Å². The Hall–Kier alpha value is -1.81. The van der Waals surface area contributed by atoms with Gasteiger partial charge in [-0.2, -0.15) is 0 Å². The van der Waals surface area contributed by atoms with E-state index in [1.54, 1.807) is 24.3 Å². The highest BCUT2D eigenvalue weighted by atomic mass is 19.1. The first-order valence-electron chi connectivity index (χ1n) is 4.94. The Morgan fingerprint density at radius 3 is 2.69 bits per heavy atom. The number of ether oxygens (including phenoxy) is 1. The van der Waals surface area contributed by atoms with Gasteiger partial charge in [0.05, 0.1) is 6.54 Å². The van der Waals surface area contributed by atoms with Gasteiger partial charge in [0.1, 0.15) is 29.7 Å². The summed E-state index contributed by atoms with van der Waals surface area (Å²) in [4.78, 5) is 0. The molecule has 1 heterocycles. The van der Waals surface area contributed by atoms with Crippen LogP contribution in [0.4, 0.5) is 4.39 Å². The van der Waals surface area contributed by atoms with Crippen LogP contribution in [0.25, 0.3) is 0 Å². The van der Waals surface area contributed by atoms with Crippen molar-refractivity contribution < 1.29 is 13.5 Å². The van der Waals surface area contributed by atoms with Crippen molar-refractivity contribution in [1.29, 1.82) is 0 Å². The molecular formula is C12H12FNO2. The fraction of sp³-hybridized carbons (Fsp3) is 0.167. The number of hydrogen-bond acceptors (Lipinski definition) is 3. The third kappa shape index (κ3) is 2.61. The summed E-state index contributed by atoms with van der Waals surface area (Å²) in [5, 5.41) is 0. The van der Waals surface area contributed by atoms with Gasteiger partial charge in [-0.05, 0) is 24.3 Å². The summed E-state index contributed by atoms with van der Waals surface area (Å²) in [5.74, 6) is 1.54. The van der Waals surface area contributed by atoms with Crippen LogP contribution in [-0.2, 0) is 13.2 Å². The molecule has 0 radical (unpaired) electrons. The van der Waals surface area contributed by atoms with Crippen LogP contribution in [0.1, 0.15) is 11.5 Å². The number of rotatable bonds is 4. The zero-order valence-corrected chi connectivity index (χ0v) is 8.65. The average molecular weight is 221 g/mol. The maximum atomic E-state index is 12.8. The van der Waals surface area contributed by atoms with Crippen molar-refractivity contribution in [3.63, 3.8) is 0 Å². The molecule has 2 N–H and O–H groups in total. The minimum Gasteiger partial charge on any atom is -0.486 e. The van der Waals surface area contributed by atoms with Crippen LogP contribution in [0.2, 0.25) is 0 Å². The molecule has 0 bridgehead atoms. The molecule has 0 amide bonds. The van der Waals surface area contributed by atoms with Crippen molar-refractivity contribution in [1.82, 2.24) is 0 Å². The van der Waals surface area contributed by atoms with Crippen LogP contribution in [0, 0.1) is 5.82 Å². The van der Waals surface area contributed by atoms with E-state index in [9.17, 15) is 4.39 Å². The van der Waals surface area contributed by atoms with Crippen LogP contribution < -0.4 is 10.5 Å². The molecule has 0 saturated heterocycles. The summed E-state index contributed by atoms with van der Waals surface area (Å²) in [5.41, 5.74) is 5.41. The van der Waals surface area contributed by atoms with E-state index in [0.29, 0.717) is 23.8 Å². The summed E-state index contributed by atoms with van der Waals surface area (Å²) in [7, 11) is 0.